The summed E-state index contributed by atoms with van der Waals surface area (Å²) >= 11 is 2.08. The van der Waals surface area contributed by atoms with Crippen molar-refractivity contribution in [3.63, 3.8) is 0 Å². The third-order valence-corrected chi connectivity index (χ3v) is 6.66. The van der Waals surface area contributed by atoms with Crippen LogP contribution in [0.25, 0.3) is 0 Å². The molecule has 29 heavy (non-hydrogen) atoms. The highest BCUT2D eigenvalue weighted by atomic mass is 127. The lowest BCUT2D eigenvalue weighted by molar-refractivity contribution is 0.0322. The number of morpholine rings is 1. The van der Waals surface area contributed by atoms with Crippen molar-refractivity contribution in [1.29, 1.82) is 0 Å². The monoisotopic (exact) mass is 534 g/mol. The maximum Gasteiger partial charge on any atom is 0.193 e. The quantitative estimate of drug-likeness (QED) is 0.330. The van der Waals surface area contributed by atoms with Gasteiger partial charge in [0.2, 0.25) is 0 Å². The van der Waals surface area contributed by atoms with Gasteiger partial charge < -0.3 is 19.7 Å². The van der Waals surface area contributed by atoms with Crippen molar-refractivity contribution in [3.8, 4) is 5.75 Å². The van der Waals surface area contributed by atoms with E-state index in [0.29, 0.717) is 11.9 Å². The molecule has 0 saturated carbocycles. The predicted molar refractivity (Wildman–Crippen MR) is 133 cm³/mol. The lowest BCUT2D eigenvalue weighted by Gasteiger charge is -2.34. The fraction of sp³-hybridized carbons (Fsp3) is 0.667. The molecule has 164 valence electrons. The maximum absolute atomic E-state index is 6.11. The van der Waals surface area contributed by atoms with E-state index in [-0.39, 0.29) is 24.0 Å². The number of nitrogens with one attached hydrogen (secondary N) is 1. The van der Waals surface area contributed by atoms with E-state index < -0.39 is 0 Å². The molecule has 0 radical (unpaired) electrons. The van der Waals surface area contributed by atoms with Gasteiger partial charge in [-0.1, -0.05) is 25.1 Å². The molecule has 1 aromatic rings. The molecule has 2 aliphatic rings. The number of para-hydroxylation sites is 1. The van der Waals surface area contributed by atoms with Gasteiger partial charge >= 0.3 is 0 Å². The first-order valence-corrected chi connectivity index (χ1v) is 11.4. The van der Waals surface area contributed by atoms with Gasteiger partial charge in [-0.3, -0.25) is 9.89 Å². The van der Waals surface area contributed by atoms with Gasteiger partial charge in [0, 0.05) is 62.9 Å². The van der Waals surface area contributed by atoms with E-state index in [4.69, 9.17) is 9.47 Å². The summed E-state index contributed by atoms with van der Waals surface area (Å²) in [6.07, 6.45) is 1.21. The van der Waals surface area contributed by atoms with Crippen LogP contribution in [0.4, 0.5) is 0 Å². The summed E-state index contributed by atoms with van der Waals surface area (Å²) in [5.41, 5.74) is 1.17. The smallest absolute Gasteiger partial charge is 0.193 e. The average Bonchev–Trinajstić information content (AvgIpc) is 2.76. The Bertz CT molecular complexity index is 628. The molecular formula is C21H35IN4O2S. The number of rotatable bonds is 7. The summed E-state index contributed by atoms with van der Waals surface area (Å²) in [5, 5.41) is 4.24. The van der Waals surface area contributed by atoms with E-state index in [9.17, 15) is 0 Å². The van der Waals surface area contributed by atoms with E-state index in [2.05, 4.69) is 57.0 Å². The van der Waals surface area contributed by atoms with Gasteiger partial charge in [-0.15, -0.1) is 24.0 Å². The second-order valence-corrected chi connectivity index (χ2v) is 8.57. The largest absolute Gasteiger partial charge is 0.492 e. The fourth-order valence-corrected chi connectivity index (χ4v) is 4.75. The number of halogens is 1. The zero-order valence-corrected chi connectivity index (χ0v) is 20.8. The van der Waals surface area contributed by atoms with Crippen LogP contribution in [0.15, 0.2) is 29.3 Å². The number of thioether (sulfide) groups is 1. The molecule has 1 unspecified atom stereocenters. The minimum atomic E-state index is 0. The first-order chi connectivity index (χ1) is 13.8. The molecule has 0 aromatic heterocycles. The lowest BCUT2D eigenvalue weighted by Crippen LogP contribution is -2.47. The van der Waals surface area contributed by atoms with Gasteiger partial charge in [-0.2, -0.15) is 11.8 Å². The van der Waals surface area contributed by atoms with Crippen LogP contribution in [-0.2, 0) is 11.3 Å². The molecule has 8 heteroatoms. The van der Waals surface area contributed by atoms with Gasteiger partial charge in [-0.25, -0.2) is 0 Å². The number of benzene rings is 1. The zero-order chi connectivity index (χ0) is 19.6. The van der Waals surface area contributed by atoms with Crippen LogP contribution in [0.5, 0.6) is 5.75 Å². The Balaban J connectivity index is 0.00000300. The lowest BCUT2D eigenvalue weighted by atomic mass is 10.2. The van der Waals surface area contributed by atoms with Crippen LogP contribution in [0.2, 0.25) is 0 Å². The fourth-order valence-electron chi connectivity index (χ4n) is 3.57. The van der Waals surface area contributed by atoms with Gasteiger partial charge in [0.1, 0.15) is 12.4 Å². The minimum Gasteiger partial charge on any atom is -0.492 e. The minimum absolute atomic E-state index is 0. The van der Waals surface area contributed by atoms with Crippen molar-refractivity contribution in [2.45, 2.75) is 25.1 Å². The Morgan fingerprint density at radius 1 is 1.28 bits per heavy atom. The second-order valence-electron chi connectivity index (χ2n) is 7.16. The highest BCUT2D eigenvalue weighted by Crippen LogP contribution is 2.22. The topological polar surface area (TPSA) is 49.3 Å². The molecule has 2 aliphatic heterocycles. The number of nitrogens with zero attached hydrogens (tertiary/aromatic N) is 3. The summed E-state index contributed by atoms with van der Waals surface area (Å²) in [4.78, 5) is 9.29. The molecule has 2 saturated heterocycles. The molecule has 1 aromatic carbocycles. The number of guanidine groups is 1. The molecule has 2 fully saturated rings. The van der Waals surface area contributed by atoms with Crippen molar-refractivity contribution in [3.05, 3.63) is 29.8 Å². The first-order valence-electron chi connectivity index (χ1n) is 10.4. The standard InChI is InChI=1S/C21H34N4O2S.HI/c1-3-19-17-25(11-15-28-19)21(22-2)23-16-18-6-4-5-7-20(18)27-14-10-24-8-12-26-13-9-24;/h4-7,19H,3,8-17H2,1-2H3,(H,22,23);1H. The van der Waals surface area contributed by atoms with Crippen LogP contribution in [-0.4, -0.2) is 86.4 Å². The zero-order valence-electron chi connectivity index (χ0n) is 17.6. The summed E-state index contributed by atoms with van der Waals surface area (Å²) < 4.78 is 11.5. The van der Waals surface area contributed by atoms with E-state index >= 15 is 0 Å². The van der Waals surface area contributed by atoms with E-state index in [0.717, 1.165) is 64.2 Å². The Kier molecular flexibility index (Phi) is 11.5. The van der Waals surface area contributed by atoms with E-state index in [1.807, 2.05) is 13.1 Å². The third-order valence-electron chi connectivity index (χ3n) is 5.28. The van der Waals surface area contributed by atoms with Crippen LogP contribution in [0.1, 0.15) is 18.9 Å². The van der Waals surface area contributed by atoms with Crippen LogP contribution >= 0.6 is 35.7 Å². The average molecular weight is 535 g/mol. The van der Waals surface area contributed by atoms with E-state index in [1.165, 1.54) is 17.7 Å². The highest BCUT2D eigenvalue weighted by molar-refractivity contribution is 14.0. The SMILES string of the molecule is CCC1CN(C(=NC)NCc2ccccc2OCCN2CCOCC2)CCS1.I. The van der Waals surface area contributed by atoms with Gasteiger partial charge in [-0.05, 0) is 12.5 Å². The molecular weight excluding hydrogens is 499 g/mol. The molecule has 2 heterocycles. The van der Waals surface area contributed by atoms with Crippen molar-refractivity contribution >= 4 is 41.7 Å². The molecule has 6 nitrogen and oxygen atoms in total. The Morgan fingerprint density at radius 2 is 2.07 bits per heavy atom. The molecule has 0 amide bonds. The molecule has 1 N–H and O–H groups in total. The van der Waals surface area contributed by atoms with E-state index in [1.54, 1.807) is 0 Å². The summed E-state index contributed by atoms with van der Waals surface area (Å²) in [6, 6.07) is 8.30. The Morgan fingerprint density at radius 3 is 2.83 bits per heavy atom. The molecule has 0 aliphatic carbocycles. The van der Waals surface area contributed by atoms with Crippen molar-refractivity contribution in [2.75, 3.05) is 65.3 Å². The molecule has 1 atom stereocenters. The number of hydrogen-bond donors (Lipinski definition) is 1. The van der Waals surface area contributed by atoms with Gasteiger partial charge in [0.15, 0.2) is 5.96 Å². The van der Waals surface area contributed by atoms with Crippen molar-refractivity contribution < 1.29 is 9.47 Å². The highest BCUT2D eigenvalue weighted by Gasteiger charge is 2.21. The number of aliphatic imine (C=N–C) groups is 1. The molecule has 0 spiro atoms. The summed E-state index contributed by atoms with van der Waals surface area (Å²) in [6.45, 7) is 10.4. The predicted octanol–water partition coefficient (Wildman–Crippen LogP) is 2.92. The number of ether oxygens (including phenoxy) is 2. The Labute approximate surface area is 196 Å². The summed E-state index contributed by atoms with van der Waals surface area (Å²) in [7, 11) is 1.87. The van der Waals surface area contributed by atoms with Crippen molar-refractivity contribution in [1.82, 2.24) is 15.1 Å². The molecule has 3 rings (SSSR count). The van der Waals surface area contributed by atoms with Gasteiger partial charge in [0.05, 0.1) is 13.2 Å². The normalized spacial score (nSPS) is 20.8. The Hall–Kier alpha value is -0.710. The van der Waals surface area contributed by atoms with Crippen LogP contribution in [0.3, 0.4) is 0 Å². The second kappa shape index (κ2) is 13.6. The number of hydrogen-bond acceptors (Lipinski definition) is 5. The van der Waals surface area contributed by atoms with Gasteiger partial charge in [0.25, 0.3) is 0 Å². The summed E-state index contributed by atoms with van der Waals surface area (Å²) in [5.74, 6) is 3.11. The maximum atomic E-state index is 6.11. The van der Waals surface area contributed by atoms with Crippen LogP contribution < -0.4 is 10.1 Å². The van der Waals surface area contributed by atoms with Crippen LogP contribution in [0, 0.1) is 0 Å². The third kappa shape index (κ3) is 7.80. The molecule has 0 bridgehead atoms. The van der Waals surface area contributed by atoms with Crippen molar-refractivity contribution in [2.24, 2.45) is 4.99 Å². The first kappa shape index (κ1) is 24.6.